The average Bonchev–Trinajstić information content (AvgIpc) is 2.36. The normalized spacial score (nSPS) is 10.3. The van der Waals surface area contributed by atoms with Gasteiger partial charge in [-0.15, -0.1) is 0 Å². The number of carboxylic acids is 1. The fraction of sp³-hybridized carbons (Fsp3) is 0.154. The Balaban J connectivity index is 2.81. The topological polar surface area (TPSA) is 76.5 Å². The lowest BCUT2D eigenvalue weighted by atomic mass is 10.0. The minimum absolute atomic E-state index is 0.0357. The van der Waals surface area contributed by atoms with E-state index in [0.29, 0.717) is 10.8 Å². The van der Waals surface area contributed by atoms with Crippen LogP contribution in [0.2, 0.25) is 0 Å². The number of esters is 1. The number of carbonyl (C=O) groups is 2. The zero-order valence-corrected chi connectivity index (χ0v) is 9.93. The minimum atomic E-state index is -1.09. The Morgan fingerprint density at radius 3 is 2.61 bits per heavy atom. The monoisotopic (exact) mass is 245 g/mol. The molecule has 0 fully saturated rings. The van der Waals surface area contributed by atoms with Gasteiger partial charge in [0, 0.05) is 17.3 Å². The molecule has 2 rings (SSSR count). The standard InChI is InChI=1S/C13H11NO4/c1-7-3-10-9(6-14-7)4-8(12(15)16)5-11(10)13(17)18-2/h3-6H,1-2H3,(H,15,16). The van der Waals surface area contributed by atoms with Crippen molar-refractivity contribution in [3.63, 3.8) is 0 Å². The number of aromatic carboxylic acids is 1. The molecule has 2 aromatic rings. The molecule has 0 aliphatic heterocycles. The number of ether oxygens (including phenoxy) is 1. The van der Waals surface area contributed by atoms with Crippen LogP contribution in [0.1, 0.15) is 26.4 Å². The van der Waals surface area contributed by atoms with Gasteiger partial charge in [0.25, 0.3) is 0 Å². The first kappa shape index (κ1) is 12.0. The van der Waals surface area contributed by atoms with E-state index in [9.17, 15) is 9.59 Å². The number of benzene rings is 1. The minimum Gasteiger partial charge on any atom is -0.478 e. The van der Waals surface area contributed by atoms with Gasteiger partial charge in [0.1, 0.15) is 0 Å². The van der Waals surface area contributed by atoms with Crippen molar-refractivity contribution < 1.29 is 19.4 Å². The van der Waals surface area contributed by atoms with Crippen LogP contribution >= 0.6 is 0 Å². The average molecular weight is 245 g/mol. The number of carboxylic acid groups (broad SMARTS) is 1. The van der Waals surface area contributed by atoms with Gasteiger partial charge < -0.3 is 9.84 Å². The summed E-state index contributed by atoms with van der Waals surface area (Å²) in [6.45, 7) is 1.80. The highest BCUT2D eigenvalue weighted by molar-refractivity contribution is 6.07. The van der Waals surface area contributed by atoms with Crippen LogP contribution in [-0.2, 0) is 4.74 Å². The molecule has 1 aromatic heterocycles. The summed E-state index contributed by atoms with van der Waals surface area (Å²) in [6, 6.07) is 4.53. The highest BCUT2D eigenvalue weighted by atomic mass is 16.5. The smallest absolute Gasteiger partial charge is 0.338 e. The molecule has 0 aliphatic rings. The van der Waals surface area contributed by atoms with E-state index in [1.165, 1.54) is 19.2 Å². The van der Waals surface area contributed by atoms with Gasteiger partial charge in [-0.25, -0.2) is 9.59 Å². The first-order chi connectivity index (χ1) is 8.52. The molecular weight excluding hydrogens is 234 g/mol. The molecule has 0 saturated heterocycles. The SMILES string of the molecule is COC(=O)c1cc(C(=O)O)cc2cnc(C)cc12. The van der Waals surface area contributed by atoms with Crippen molar-refractivity contribution in [2.24, 2.45) is 0 Å². The van der Waals surface area contributed by atoms with E-state index in [0.717, 1.165) is 5.69 Å². The summed E-state index contributed by atoms with van der Waals surface area (Å²) >= 11 is 0. The number of fused-ring (bicyclic) bond motifs is 1. The first-order valence-corrected chi connectivity index (χ1v) is 5.25. The Kier molecular flexibility index (Phi) is 2.97. The molecule has 5 nitrogen and oxygen atoms in total. The molecular formula is C13H11NO4. The lowest BCUT2D eigenvalue weighted by Crippen LogP contribution is -2.06. The van der Waals surface area contributed by atoms with Gasteiger partial charge in [0.2, 0.25) is 0 Å². The molecule has 1 heterocycles. The summed E-state index contributed by atoms with van der Waals surface area (Å²) in [5.41, 5.74) is 1.02. The molecule has 1 aromatic carbocycles. The molecule has 0 bridgehead atoms. The third kappa shape index (κ3) is 2.02. The van der Waals surface area contributed by atoms with Crippen LogP contribution in [0.3, 0.4) is 0 Å². The van der Waals surface area contributed by atoms with Crippen molar-refractivity contribution in [1.29, 1.82) is 0 Å². The van der Waals surface area contributed by atoms with Crippen molar-refractivity contribution in [2.75, 3.05) is 7.11 Å². The molecule has 0 unspecified atom stereocenters. The molecule has 0 spiro atoms. The van der Waals surface area contributed by atoms with Crippen LogP contribution < -0.4 is 0 Å². The van der Waals surface area contributed by atoms with Crippen molar-refractivity contribution in [3.8, 4) is 0 Å². The van der Waals surface area contributed by atoms with Gasteiger partial charge in [-0.05, 0) is 30.5 Å². The molecule has 0 amide bonds. The molecule has 1 N–H and O–H groups in total. The quantitative estimate of drug-likeness (QED) is 0.819. The van der Waals surface area contributed by atoms with Gasteiger partial charge in [0.05, 0.1) is 18.2 Å². The van der Waals surface area contributed by atoms with E-state index in [2.05, 4.69) is 9.72 Å². The number of hydrogen-bond donors (Lipinski definition) is 1. The second-order valence-electron chi connectivity index (χ2n) is 3.87. The predicted octanol–water partition coefficient (Wildman–Crippen LogP) is 2.03. The molecule has 92 valence electrons. The maximum atomic E-state index is 11.7. The van der Waals surface area contributed by atoms with E-state index in [1.807, 2.05) is 0 Å². The van der Waals surface area contributed by atoms with Gasteiger partial charge in [-0.3, -0.25) is 4.98 Å². The maximum absolute atomic E-state index is 11.7. The molecule has 18 heavy (non-hydrogen) atoms. The van der Waals surface area contributed by atoms with Gasteiger partial charge in [-0.1, -0.05) is 0 Å². The summed E-state index contributed by atoms with van der Waals surface area (Å²) in [7, 11) is 1.26. The summed E-state index contributed by atoms with van der Waals surface area (Å²) in [5, 5.41) is 10.2. The Morgan fingerprint density at radius 1 is 1.28 bits per heavy atom. The van der Waals surface area contributed by atoms with E-state index >= 15 is 0 Å². The van der Waals surface area contributed by atoms with Crippen LogP contribution in [0.15, 0.2) is 24.4 Å². The summed E-state index contributed by atoms with van der Waals surface area (Å²) in [6.07, 6.45) is 1.55. The third-order valence-electron chi connectivity index (χ3n) is 2.62. The summed E-state index contributed by atoms with van der Waals surface area (Å²) in [4.78, 5) is 26.8. The first-order valence-electron chi connectivity index (χ1n) is 5.25. The molecule has 0 atom stereocenters. The highest BCUT2D eigenvalue weighted by Crippen LogP contribution is 2.22. The fourth-order valence-corrected chi connectivity index (χ4v) is 1.76. The zero-order valence-electron chi connectivity index (χ0n) is 9.93. The second kappa shape index (κ2) is 4.44. The van der Waals surface area contributed by atoms with Crippen molar-refractivity contribution in [1.82, 2.24) is 4.98 Å². The Bertz CT molecular complexity index is 649. The Morgan fingerprint density at radius 2 is 2.00 bits per heavy atom. The summed E-state index contributed by atoms with van der Waals surface area (Å²) in [5.74, 6) is -1.66. The number of aryl methyl sites for hydroxylation is 1. The van der Waals surface area contributed by atoms with Crippen LogP contribution in [0.25, 0.3) is 10.8 Å². The largest absolute Gasteiger partial charge is 0.478 e. The number of rotatable bonds is 2. The lowest BCUT2D eigenvalue weighted by Gasteiger charge is -2.07. The van der Waals surface area contributed by atoms with E-state index in [-0.39, 0.29) is 11.1 Å². The van der Waals surface area contributed by atoms with Crippen LogP contribution in [-0.4, -0.2) is 29.1 Å². The number of aromatic nitrogens is 1. The predicted molar refractivity (Wildman–Crippen MR) is 64.8 cm³/mol. The number of pyridine rings is 1. The fourth-order valence-electron chi connectivity index (χ4n) is 1.76. The third-order valence-corrected chi connectivity index (χ3v) is 2.62. The number of methoxy groups -OCH3 is 1. The lowest BCUT2D eigenvalue weighted by molar-refractivity contribution is 0.0603. The van der Waals surface area contributed by atoms with Crippen LogP contribution in [0.4, 0.5) is 0 Å². The highest BCUT2D eigenvalue weighted by Gasteiger charge is 2.15. The van der Waals surface area contributed by atoms with E-state index in [4.69, 9.17) is 5.11 Å². The molecule has 0 aliphatic carbocycles. The number of carbonyl (C=O) groups excluding carboxylic acids is 1. The van der Waals surface area contributed by atoms with E-state index in [1.54, 1.807) is 19.2 Å². The molecule has 0 radical (unpaired) electrons. The van der Waals surface area contributed by atoms with Crippen LogP contribution in [0, 0.1) is 6.92 Å². The molecule has 5 heteroatoms. The molecule has 0 saturated carbocycles. The van der Waals surface area contributed by atoms with Crippen LogP contribution in [0.5, 0.6) is 0 Å². The van der Waals surface area contributed by atoms with Gasteiger partial charge in [-0.2, -0.15) is 0 Å². The summed E-state index contributed by atoms with van der Waals surface area (Å²) < 4.78 is 4.67. The van der Waals surface area contributed by atoms with Gasteiger partial charge >= 0.3 is 11.9 Å². The Labute approximate surface area is 103 Å². The van der Waals surface area contributed by atoms with Crippen molar-refractivity contribution in [3.05, 3.63) is 41.2 Å². The second-order valence-corrected chi connectivity index (χ2v) is 3.87. The van der Waals surface area contributed by atoms with E-state index < -0.39 is 11.9 Å². The van der Waals surface area contributed by atoms with Crippen molar-refractivity contribution >= 4 is 22.7 Å². The number of hydrogen-bond acceptors (Lipinski definition) is 4. The van der Waals surface area contributed by atoms with Gasteiger partial charge in [0.15, 0.2) is 0 Å². The maximum Gasteiger partial charge on any atom is 0.338 e. The zero-order chi connectivity index (χ0) is 13.3. The Hall–Kier alpha value is -2.43. The number of nitrogens with zero attached hydrogens (tertiary/aromatic N) is 1. The van der Waals surface area contributed by atoms with Crippen molar-refractivity contribution in [2.45, 2.75) is 6.92 Å².